The van der Waals surface area contributed by atoms with Gasteiger partial charge in [-0.25, -0.2) is 9.67 Å². The smallest absolute Gasteiger partial charge is 0.269 e. The van der Waals surface area contributed by atoms with Crippen molar-refractivity contribution in [3.63, 3.8) is 0 Å². The van der Waals surface area contributed by atoms with Gasteiger partial charge in [-0.1, -0.05) is 13.0 Å². The normalized spacial score (nSPS) is 12.3. The maximum Gasteiger partial charge on any atom is 0.269 e. The zero-order valence-corrected chi connectivity index (χ0v) is 11.7. The molecule has 106 valence electrons. The van der Waals surface area contributed by atoms with Crippen LogP contribution in [0.3, 0.4) is 0 Å². The van der Waals surface area contributed by atoms with Crippen LogP contribution in [0.1, 0.15) is 42.4 Å². The van der Waals surface area contributed by atoms with Crippen LogP contribution in [0.25, 0.3) is 5.82 Å². The number of nitrogens with one attached hydrogen (secondary N) is 1. The molecule has 1 amide bonds. The van der Waals surface area contributed by atoms with Crippen molar-refractivity contribution < 1.29 is 4.79 Å². The third kappa shape index (κ3) is 3.03. The zero-order valence-electron chi connectivity index (χ0n) is 11.7. The highest BCUT2D eigenvalue weighted by Crippen LogP contribution is 2.19. The standard InChI is InChI=1S/C14H19N5O/c1-3-7-16-10(2)11-5-4-8-17-14(11)19-9-6-12(18-19)13(15)20/h4-6,8-10,16H,3,7H2,1-2H3,(H2,15,20). The van der Waals surface area contributed by atoms with Crippen LogP contribution in [0, 0.1) is 0 Å². The lowest BCUT2D eigenvalue weighted by Crippen LogP contribution is -2.21. The summed E-state index contributed by atoms with van der Waals surface area (Å²) in [6, 6.07) is 5.63. The van der Waals surface area contributed by atoms with Crippen molar-refractivity contribution >= 4 is 5.91 Å². The molecule has 1 atom stereocenters. The van der Waals surface area contributed by atoms with Gasteiger partial charge in [0.2, 0.25) is 0 Å². The number of pyridine rings is 1. The highest BCUT2D eigenvalue weighted by Gasteiger charge is 2.14. The lowest BCUT2D eigenvalue weighted by molar-refractivity contribution is 0.0995. The first-order chi connectivity index (χ1) is 9.63. The lowest BCUT2D eigenvalue weighted by atomic mass is 10.1. The summed E-state index contributed by atoms with van der Waals surface area (Å²) in [5, 5.41) is 7.57. The van der Waals surface area contributed by atoms with Gasteiger partial charge < -0.3 is 11.1 Å². The average Bonchev–Trinajstić information content (AvgIpc) is 2.94. The topological polar surface area (TPSA) is 85.8 Å². The van der Waals surface area contributed by atoms with E-state index in [4.69, 9.17) is 5.73 Å². The van der Waals surface area contributed by atoms with Crippen LogP contribution >= 0.6 is 0 Å². The molecule has 0 radical (unpaired) electrons. The first kappa shape index (κ1) is 14.2. The molecule has 0 saturated heterocycles. The van der Waals surface area contributed by atoms with Gasteiger partial charge in [0.25, 0.3) is 5.91 Å². The Morgan fingerprint density at radius 2 is 2.30 bits per heavy atom. The summed E-state index contributed by atoms with van der Waals surface area (Å²) >= 11 is 0. The molecule has 0 aromatic carbocycles. The fourth-order valence-corrected chi connectivity index (χ4v) is 1.98. The van der Waals surface area contributed by atoms with Crippen molar-refractivity contribution in [1.29, 1.82) is 0 Å². The Kier molecular flexibility index (Phi) is 4.47. The van der Waals surface area contributed by atoms with E-state index in [9.17, 15) is 4.79 Å². The summed E-state index contributed by atoms with van der Waals surface area (Å²) in [7, 11) is 0. The summed E-state index contributed by atoms with van der Waals surface area (Å²) < 4.78 is 1.58. The van der Waals surface area contributed by atoms with Gasteiger partial charge in [0.15, 0.2) is 5.82 Å². The van der Waals surface area contributed by atoms with Crippen LogP contribution in [-0.2, 0) is 0 Å². The SMILES string of the molecule is CCCNC(C)c1cccnc1-n1ccc(C(N)=O)n1. The van der Waals surface area contributed by atoms with E-state index in [1.54, 1.807) is 23.1 Å². The van der Waals surface area contributed by atoms with Gasteiger partial charge in [-0.3, -0.25) is 4.79 Å². The molecular formula is C14H19N5O. The van der Waals surface area contributed by atoms with E-state index in [1.807, 2.05) is 12.1 Å². The molecule has 1 unspecified atom stereocenters. The Bertz CT molecular complexity index is 593. The Morgan fingerprint density at radius 3 is 2.95 bits per heavy atom. The molecule has 0 bridgehead atoms. The number of primary amides is 1. The molecule has 2 aromatic heterocycles. The number of carbonyl (C=O) groups excluding carboxylic acids is 1. The fourth-order valence-electron chi connectivity index (χ4n) is 1.98. The molecule has 0 aliphatic heterocycles. The summed E-state index contributed by atoms with van der Waals surface area (Å²) in [5.74, 6) is 0.162. The number of amides is 1. The minimum Gasteiger partial charge on any atom is -0.364 e. The quantitative estimate of drug-likeness (QED) is 0.833. The van der Waals surface area contributed by atoms with E-state index in [2.05, 4.69) is 29.2 Å². The molecule has 2 rings (SSSR count). The second-order valence-electron chi connectivity index (χ2n) is 4.60. The maximum atomic E-state index is 11.1. The lowest BCUT2D eigenvalue weighted by Gasteiger charge is -2.16. The molecule has 0 aliphatic carbocycles. The van der Waals surface area contributed by atoms with Crippen LogP contribution in [0.5, 0.6) is 0 Å². The van der Waals surface area contributed by atoms with Gasteiger partial charge in [0.05, 0.1) is 0 Å². The minimum absolute atomic E-state index is 0.153. The number of rotatable bonds is 6. The molecule has 6 nitrogen and oxygen atoms in total. The second kappa shape index (κ2) is 6.29. The summed E-state index contributed by atoms with van der Waals surface area (Å²) in [6.45, 7) is 5.13. The van der Waals surface area contributed by atoms with Crippen LogP contribution in [0.15, 0.2) is 30.6 Å². The molecule has 2 heterocycles. The fraction of sp³-hybridized carbons (Fsp3) is 0.357. The molecule has 0 aliphatic rings. The Balaban J connectivity index is 2.33. The Morgan fingerprint density at radius 1 is 1.50 bits per heavy atom. The molecule has 3 N–H and O–H groups in total. The zero-order chi connectivity index (χ0) is 14.5. The Labute approximate surface area is 118 Å². The predicted molar refractivity (Wildman–Crippen MR) is 76.6 cm³/mol. The molecule has 20 heavy (non-hydrogen) atoms. The highest BCUT2D eigenvalue weighted by atomic mass is 16.1. The van der Waals surface area contributed by atoms with Gasteiger partial charge in [0, 0.05) is 24.0 Å². The minimum atomic E-state index is -0.543. The first-order valence-electron chi connectivity index (χ1n) is 6.67. The Hall–Kier alpha value is -2.21. The molecule has 6 heteroatoms. The number of hydrogen-bond donors (Lipinski definition) is 2. The number of aromatic nitrogens is 3. The maximum absolute atomic E-state index is 11.1. The molecule has 0 spiro atoms. The second-order valence-corrected chi connectivity index (χ2v) is 4.60. The van der Waals surface area contributed by atoms with E-state index >= 15 is 0 Å². The van der Waals surface area contributed by atoms with Crippen LogP contribution in [-0.4, -0.2) is 27.2 Å². The molecule has 2 aromatic rings. The summed E-state index contributed by atoms with van der Waals surface area (Å²) in [5.41, 5.74) is 6.48. The van der Waals surface area contributed by atoms with E-state index in [-0.39, 0.29) is 11.7 Å². The monoisotopic (exact) mass is 273 g/mol. The van der Waals surface area contributed by atoms with Crippen molar-refractivity contribution in [3.05, 3.63) is 41.9 Å². The third-order valence-electron chi connectivity index (χ3n) is 3.04. The van der Waals surface area contributed by atoms with Crippen molar-refractivity contribution in [2.24, 2.45) is 5.73 Å². The van der Waals surface area contributed by atoms with Crippen molar-refractivity contribution in [2.75, 3.05) is 6.54 Å². The van der Waals surface area contributed by atoms with Gasteiger partial charge in [-0.05, 0) is 32.0 Å². The number of nitrogens with zero attached hydrogens (tertiary/aromatic N) is 3. The summed E-state index contributed by atoms with van der Waals surface area (Å²) in [6.07, 6.45) is 4.46. The van der Waals surface area contributed by atoms with E-state index in [0.29, 0.717) is 5.82 Å². The van der Waals surface area contributed by atoms with Crippen molar-refractivity contribution in [3.8, 4) is 5.82 Å². The average molecular weight is 273 g/mol. The van der Waals surface area contributed by atoms with Gasteiger partial charge in [-0.2, -0.15) is 5.10 Å². The van der Waals surface area contributed by atoms with Crippen molar-refractivity contribution in [2.45, 2.75) is 26.3 Å². The van der Waals surface area contributed by atoms with Gasteiger partial charge in [0.1, 0.15) is 5.69 Å². The van der Waals surface area contributed by atoms with Crippen molar-refractivity contribution in [1.82, 2.24) is 20.1 Å². The molecular weight excluding hydrogens is 254 g/mol. The van der Waals surface area contributed by atoms with E-state index in [0.717, 1.165) is 18.5 Å². The number of hydrogen-bond acceptors (Lipinski definition) is 4. The molecule has 0 saturated carbocycles. The molecule has 0 fully saturated rings. The summed E-state index contributed by atoms with van der Waals surface area (Å²) in [4.78, 5) is 15.5. The predicted octanol–water partition coefficient (Wildman–Crippen LogP) is 1.43. The number of carbonyl (C=O) groups is 1. The first-order valence-corrected chi connectivity index (χ1v) is 6.67. The van der Waals surface area contributed by atoms with Gasteiger partial charge in [-0.15, -0.1) is 0 Å². The van der Waals surface area contributed by atoms with Crippen LogP contribution in [0.2, 0.25) is 0 Å². The number of nitrogens with two attached hydrogens (primary N) is 1. The van der Waals surface area contributed by atoms with Crippen LogP contribution < -0.4 is 11.1 Å². The van der Waals surface area contributed by atoms with E-state index < -0.39 is 5.91 Å². The third-order valence-corrected chi connectivity index (χ3v) is 3.04. The van der Waals surface area contributed by atoms with E-state index in [1.165, 1.54) is 0 Å². The van der Waals surface area contributed by atoms with Gasteiger partial charge >= 0.3 is 0 Å². The highest BCUT2D eigenvalue weighted by molar-refractivity contribution is 5.90. The van der Waals surface area contributed by atoms with Crippen LogP contribution in [0.4, 0.5) is 0 Å². The largest absolute Gasteiger partial charge is 0.364 e.